The van der Waals surface area contributed by atoms with E-state index in [0.29, 0.717) is 14.1 Å². The summed E-state index contributed by atoms with van der Waals surface area (Å²) in [6.45, 7) is 0.00880. The fraction of sp³-hybridized carbons (Fsp3) is 0.0909. The summed E-state index contributed by atoms with van der Waals surface area (Å²) in [5.74, 6) is -0.359. The maximum atomic E-state index is 11.6. The molecule has 0 aliphatic carbocycles. The molecular weight excluding hydrogens is 278 g/mol. The van der Waals surface area contributed by atoms with Crippen LogP contribution in [-0.2, 0) is 0 Å². The molecule has 3 nitrogen and oxygen atoms in total. The lowest BCUT2D eigenvalue weighted by Crippen LogP contribution is -2.28. The van der Waals surface area contributed by atoms with Gasteiger partial charge in [-0.15, -0.1) is 22.7 Å². The van der Waals surface area contributed by atoms with Gasteiger partial charge in [0.05, 0.1) is 20.6 Å². The van der Waals surface area contributed by atoms with Crippen molar-refractivity contribution in [3.63, 3.8) is 0 Å². The zero-order valence-electron chi connectivity index (χ0n) is 8.60. The smallest absolute Gasteiger partial charge is 0.261 e. The van der Waals surface area contributed by atoms with Gasteiger partial charge in [0.15, 0.2) is 5.78 Å². The second-order valence-electron chi connectivity index (χ2n) is 3.19. The van der Waals surface area contributed by atoms with Gasteiger partial charge in [-0.3, -0.25) is 9.59 Å². The molecule has 88 valence electrons. The van der Waals surface area contributed by atoms with E-state index >= 15 is 0 Å². The zero-order chi connectivity index (χ0) is 12.3. The summed E-state index contributed by atoms with van der Waals surface area (Å²) in [5, 5.41) is 4.40. The van der Waals surface area contributed by atoms with Gasteiger partial charge in [0.2, 0.25) is 0 Å². The maximum Gasteiger partial charge on any atom is 0.261 e. The number of hydrogen-bond donors (Lipinski definition) is 1. The van der Waals surface area contributed by atoms with Crippen LogP contribution in [0, 0.1) is 0 Å². The largest absolute Gasteiger partial charge is 0.344 e. The van der Waals surface area contributed by atoms with E-state index in [2.05, 4.69) is 5.32 Å². The Morgan fingerprint density at radius 1 is 1.24 bits per heavy atom. The first-order chi connectivity index (χ1) is 8.16. The van der Waals surface area contributed by atoms with Crippen molar-refractivity contribution < 1.29 is 9.59 Å². The summed E-state index contributed by atoms with van der Waals surface area (Å²) >= 11 is 8.27. The molecule has 0 saturated heterocycles. The number of thiophene rings is 2. The molecule has 0 atom stereocenters. The molecule has 0 aromatic carbocycles. The minimum absolute atomic E-state index is 0.00880. The Kier molecular flexibility index (Phi) is 3.93. The van der Waals surface area contributed by atoms with Crippen LogP contribution in [0.4, 0.5) is 0 Å². The van der Waals surface area contributed by atoms with Crippen LogP contribution in [0.1, 0.15) is 19.3 Å². The molecule has 0 unspecified atom stereocenters. The van der Waals surface area contributed by atoms with Crippen LogP contribution in [-0.4, -0.2) is 18.2 Å². The van der Waals surface area contributed by atoms with Gasteiger partial charge in [0.25, 0.3) is 5.91 Å². The number of halogens is 1. The molecular formula is C11H8ClNO2S2. The number of rotatable bonds is 4. The molecule has 0 aliphatic heterocycles. The first kappa shape index (κ1) is 12.3. The minimum atomic E-state index is -0.271. The third-order valence-electron chi connectivity index (χ3n) is 2.00. The van der Waals surface area contributed by atoms with E-state index in [1.165, 1.54) is 22.7 Å². The maximum absolute atomic E-state index is 11.6. The summed E-state index contributed by atoms with van der Waals surface area (Å²) in [4.78, 5) is 24.4. The van der Waals surface area contributed by atoms with Crippen molar-refractivity contribution in [2.24, 2.45) is 0 Å². The second kappa shape index (κ2) is 5.44. The van der Waals surface area contributed by atoms with Crippen molar-refractivity contribution in [2.45, 2.75) is 0 Å². The van der Waals surface area contributed by atoms with E-state index in [1.54, 1.807) is 24.3 Å². The summed E-state index contributed by atoms with van der Waals surface area (Å²) in [5.41, 5.74) is 0. The highest BCUT2D eigenvalue weighted by Gasteiger charge is 2.11. The first-order valence-electron chi connectivity index (χ1n) is 4.77. The van der Waals surface area contributed by atoms with Crippen LogP contribution in [0.5, 0.6) is 0 Å². The van der Waals surface area contributed by atoms with E-state index < -0.39 is 0 Å². The summed E-state index contributed by atoms with van der Waals surface area (Å²) in [7, 11) is 0. The van der Waals surface area contributed by atoms with E-state index in [-0.39, 0.29) is 18.2 Å². The third-order valence-corrected chi connectivity index (χ3v) is 4.14. The van der Waals surface area contributed by atoms with Crippen LogP contribution in [0.15, 0.2) is 29.6 Å². The molecule has 2 rings (SSSR count). The number of carbonyl (C=O) groups excluding carboxylic acids is 2. The molecule has 0 fully saturated rings. The van der Waals surface area contributed by atoms with E-state index in [9.17, 15) is 9.59 Å². The number of amides is 1. The van der Waals surface area contributed by atoms with Gasteiger partial charge < -0.3 is 5.32 Å². The van der Waals surface area contributed by atoms with Gasteiger partial charge in [-0.25, -0.2) is 0 Å². The number of ketones is 1. The van der Waals surface area contributed by atoms with Gasteiger partial charge in [-0.05, 0) is 23.6 Å². The van der Waals surface area contributed by atoms with Gasteiger partial charge in [-0.1, -0.05) is 17.7 Å². The molecule has 6 heteroatoms. The van der Waals surface area contributed by atoms with Crippen LogP contribution in [0.3, 0.4) is 0 Å². The first-order valence-corrected chi connectivity index (χ1v) is 6.84. The Morgan fingerprint density at radius 2 is 2.06 bits per heavy atom. The lowest BCUT2D eigenvalue weighted by Gasteiger charge is -2.00. The molecule has 0 saturated carbocycles. The van der Waals surface area contributed by atoms with Crippen molar-refractivity contribution >= 4 is 46.0 Å². The Morgan fingerprint density at radius 3 is 2.65 bits per heavy atom. The van der Waals surface area contributed by atoms with Crippen LogP contribution >= 0.6 is 34.3 Å². The molecule has 1 N–H and O–H groups in total. The highest BCUT2D eigenvalue weighted by molar-refractivity contribution is 7.18. The molecule has 0 spiro atoms. The van der Waals surface area contributed by atoms with E-state index in [1.807, 2.05) is 5.38 Å². The fourth-order valence-electron chi connectivity index (χ4n) is 1.21. The lowest BCUT2D eigenvalue weighted by atomic mass is 10.3. The number of nitrogens with one attached hydrogen (secondary N) is 1. The molecule has 2 aromatic rings. The Hall–Kier alpha value is -1.17. The topological polar surface area (TPSA) is 46.2 Å². The Labute approximate surface area is 111 Å². The van der Waals surface area contributed by atoms with Gasteiger partial charge in [0.1, 0.15) is 0 Å². The van der Waals surface area contributed by atoms with Crippen molar-refractivity contribution in [3.05, 3.63) is 43.7 Å². The third kappa shape index (κ3) is 3.15. The number of carbonyl (C=O) groups is 2. The summed E-state index contributed by atoms with van der Waals surface area (Å²) in [6.07, 6.45) is 0. The number of hydrogen-bond acceptors (Lipinski definition) is 4. The van der Waals surface area contributed by atoms with Crippen molar-refractivity contribution in [1.29, 1.82) is 0 Å². The molecule has 2 heterocycles. The summed E-state index contributed by atoms with van der Waals surface area (Å²) < 4.78 is 0.555. The molecule has 1 amide bonds. The van der Waals surface area contributed by atoms with Crippen molar-refractivity contribution in [3.8, 4) is 0 Å². The Balaban J connectivity index is 1.91. The van der Waals surface area contributed by atoms with Crippen molar-refractivity contribution in [1.82, 2.24) is 5.32 Å². The van der Waals surface area contributed by atoms with Gasteiger partial charge in [-0.2, -0.15) is 0 Å². The molecule has 0 bridgehead atoms. The SMILES string of the molecule is O=C(CNC(=O)c1ccc(Cl)s1)c1cccs1. The van der Waals surface area contributed by atoms with Gasteiger partial charge in [0, 0.05) is 0 Å². The zero-order valence-corrected chi connectivity index (χ0v) is 11.0. The van der Waals surface area contributed by atoms with Crippen LogP contribution < -0.4 is 5.32 Å². The molecule has 2 aromatic heterocycles. The Bertz CT molecular complexity index is 533. The summed E-state index contributed by atoms with van der Waals surface area (Å²) in [6, 6.07) is 6.83. The van der Waals surface area contributed by atoms with E-state index in [4.69, 9.17) is 11.6 Å². The van der Waals surface area contributed by atoms with Crippen molar-refractivity contribution in [2.75, 3.05) is 6.54 Å². The molecule has 0 aliphatic rings. The lowest BCUT2D eigenvalue weighted by molar-refractivity contribution is 0.0908. The second-order valence-corrected chi connectivity index (χ2v) is 5.85. The molecule has 17 heavy (non-hydrogen) atoms. The predicted molar refractivity (Wildman–Crippen MR) is 70.3 cm³/mol. The van der Waals surface area contributed by atoms with Gasteiger partial charge >= 0.3 is 0 Å². The van der Waals surface area contributed by atoms with E-state index in [0.717, 1.165) is 0 Å². The monoisotopic (exact) mass is 285 g/mol. The minimum Gasteiger partial charge on any atom is -0.344 e. The fourth-order valence-corrected chi connectivity index (χ4v) is 2.83. The average molecular weight is 286 g/mol. The van der Waals surface area contributed by atoms with Crippen LogP contribution in [0.2, 0.25) is 4.34 Å². The predicted octanol–water partition coefficient (Wildman–Crippen LogP) is 3.08. The highest BCUT2D eigenvalue weighted by Crippen LogP contribution is 2.21. The van der Waals surface area contributed by atoms with Crippen LogP contribution in [0.25, 0.3) is 0 Å². The normalized spacial score (nSPS) is 10.2. The quantitative estimate of drug-likeness (QED) is 0.878. The molecule has 0 radical (unpaired) electrons. The highest BCUT2D eigenvalue weighted by atomic mass is 35.5. The average Bonchev–Trinajstić information content (AvgIpc) is 2.95. The standard InChI is InChI=1S/C11H8ClNO2S2/c12-10-4-3-9(17-10)11(15)13-6-7(14)8-2-1-5-16-8/h1-5H,6H2,(H,13,15). The number of Topliss-reactive ketones (excluding diaryl/α,β-unsaturated/α-hetero) is 1.